The molecule has 5 heteroatoms. The summed E-state index contributed by atoms with van der Waals surface area (Å²) in [6.45, 7) is 4.29. The molecular formula is C13H23N3O2. The minimum absolute atomic E-state index is 0.139. The SMILES string of the molecule is COC(C)Cc1noc(CCC2CCNCC2)n1. The molecule has 2 rings (SSSR count). The van der Waals surface area contributed by atoms with E-state index in [1.54, 1.807) is 7.11 Å². The highest BCUT2D eigenvalue weighted by Gasteiger charge is 2.15. The molecule has 1 aromatic heterocycles. The summed E-state index contributed by atoms with van der Waals surface area (Å²) in [6, 6.07) is 0. The van der Waals surface area contributed by atoms with E-state index in [9.17, 15) is 0 Å². The molecule has 0 saturated carbocycles. The van der Waals surface area contributed by atoms with Gasteiger partial charge in [0.05, 0.1) is 6.10 Å². The van der Waals surface area contributed by atoms with Gasteiger partial charge in [0.2, 0.25) is 5.89 Å². The van der Waals surface area contributed by atoms with E-state index < -0.39 is 0 Å². The van der Waals surface area contributed by atoms with E-state index >= 15 is 0 Å². The zero-order valence-corrected chi connectivity index (χ0v) is 11.3. The third kappa shape index (κ3) is 4.07. The lowest BCUT2D eigenvalue weighted by Crippen LogP contribution is -2.27. The number of methoxy groups -OCH3 is 1. The van der Waals surface area contributed by atoms with Crippen LogP contribution >= 0.6 is 0 Å². The van der Waals surface area contributed by atoms with Crippen LogP contribution in [0.5, 0.6) is 0 Å². The maximum absolute atomic E-state index is 5.27. The van der Waals surface area contributed by atoms with Crippen molar-refractivity contribution in [2.45, 2.75) is 45.1 Å². The molecule has 1 unspecified atom stereocenters. The van der Waals surface area contributed by atoms with Crippen molar-refractivity contribution in [3.05, 3.63) is 11.7 Å². The molecule has 5 nitrogen and oxygen atoms in total. The molecule has 1 atom stereocenters. The van der Waals surface area contributed by atoms with E-state index in [4.69, 9.17) is 9.26 Å². The van der Waals surface area contributed by atoms with Gasteiger partial charge in [0.15, 0.2) is 5.82 Å². The summed E-state index contributed by atoms with van der Waals surface area (Å²) in [5, 5.41) is 7.37. The van der Waals surface area contributed by atoms with Crippen LogP contribution < -0.4 is 5.32 Å². The Kier molecular flexibility index (Phi) is 5.13. The van der Waals surface area contributed by atoms with E-state index in [1.807, 2.05) is 6.92 Å². The summed E-state index contributed by atoms with van der Waals surface area (Å²) in [6.07, 6.45) is 5.44. The van der Waals surface area contributed by atoms with E-state index in [-0.39, 0.29) is 6.10 Å². The van der Waals surface area contributed by atoms with Gasteiger partial charge in [-0.05, 0) is 45.2 Å². The Hall–Kier alpha value is -0.940. The van der Waals surface area contributed by atoms with Gasteiger partial charge in [0.1, 0.15) is 0 Å². The second kappa shape index (κ2) is 6.85. The van der Waals surface area contributed by atoms with E-state index in [2.05, 4.69) is 15.5 Å². The Morgan fingerprint density at radius 3 is 2.94 bits per heavy atom. The van der Waals surface area contributed by atoms with Gasteiger partial charge < -0.3 is 14.6 Å². The molecule has 0 spiro atoms. The normalized spacial score (nSPS) is 19.0. The predicted molar refractivity (Wildman–Crippen MR) is 68.4 cm³/mol. The van der Waals surface area contributed by atoms with Gasteiger partial charge in [-0.2, -0.15) is 4.98 Å². The number of piperidine rings is 1. The molecule has 102 valence electrons. The number of hydrogen-bond donors (Lipinski definition) is 1. The molecule has 1 aromatic rings. The molecule has 1 fully saturated rings. The maximum atomic E-state index is 5.27. The maximum Gasteiger partial charge on any atom is 0.226 e. The first kappa shape index (κ1) is 13.5. The highest BCUT2D eigenvalue weighted by Crippen LogP contribution is 2.18. The van der Waals surface area contributed by atoms with Crippen molar-refractivity contribution in [3.63, 3.8) is 0 Å². The smallest absolute Gasteiger partial charge is 0.226 e. The van der Waals surface area contributed by atoms with Crippen LogP contribution in [0.2, 0.25) is 0 Å². The van der Waals surface area contributed by atoms with Gasteiger partial charge in [-0.1, -0.05) is 5.16 Å². The second-order valence-corrected chi connectivity index (χ2v) is 5.09. The van der Waals surface area contributed by atoms with Crippen molar-refractivity contribution in [2.24, 2.45) is 5.92 Å². The molecule has 1 saturated heterocycles. The number of rotatable bonds is 6. The Morgan fingerprint density at radius 2 is 2.22 bits per heavy atom. The summed E-state index contributed by atoms with van der Waals surface area (Å²) in [4.78, 5) is 4.41. The highest BCUT2D eigenvalue weighted by molar-refractivity contribution is 4.89. The summed E-state index contributed by atoms with van der Waals surface area (Å²) < 4.78 is 10.5. The Labute approximate surface area is 108 Å². The molecule has 0 radical (unpaired) electrons. The van der Waals surface area contributed by atoms with Crippen LogP contribution in [0.4, 0.5) is 0 Å². The number of aryl methyl sites for hydroxylation is 1. The zero-order chi connectivity index (χ0) is 12.8. The van der Waals surface area contributed by atoms with Gasteiger partial charge in [-0.15, -0.1) is 0 Å². The first-order valence-corrected chi connectivity index (χ1v) is 6.83. The van der Waals surface area contributed by atoms with Crippen molar-refractivity contribution in [1.82, 2.24) is 15.5 Å². The zero-order valence-electron chi connectivity index (χ0n) is 11.3. The van der Waals surface area contributed by atoms with Crippen molar-refractivity contribution < 1.29 is 9.26 Å². The molecule has 0 amide bonds. The van der Waals surface area contributed by atoms with Crippen molar-refractivity contribution in [1.29, 1.82) is 0 Å². The lowest BCUT2D eigenvalue weighted by atomic mass is 9.93. The molecule has 1 N–H and O–H groups in total. The molecule has 0 aromatic carbocycles. The van der Waals surface area contributed by atoms with Crippen LogP contribution in [0.15, 0.2) is 4.52 Å². The summed E-state index contributed by atoms with van der Waals surface area (Å²) in [5.74, 6) is 2.33. The lowest BCUT2D eigenvalue weighted by molar-refractivity contribution is 0.116. The summed E-state index contributed by atoms with van der Waals surface area (Å²) in [5.41, 5.74) is 0. The van der Waals surface area contributed by atoms with Crippen molar-refractivity contribution >= 4 is 0 Å². The van der Waals surface area contributed by atoms with Crippen LogP contribution in [-0.2, 0) is 17.6 Å². The predicted octanol–water partition coefficient (Wildman–Crippen LogP) is 1.58. The topological polar surface area (TPSA) is 60.2 Å². The average Bonchev–Trinajstić information content (AvgIpc) is 2.85. The molecule has 18 heavy (non-hydrogen) atoms. The fraction of sp³-hybridized carbons (Fsp3) is 0.846. The number of hydrogen-bond acceptors (Lipinski definition) is 5. The fourth-order valence-electron chi connectivity index (χ4n) is 2.31. The Balaban J connectivity index is 1.75. The Morgan fingerprint density at radius 1 is 1.44 bits per heavy atom. The van der Waals surface area contributed by atoms with Gasteiger partial charge in [0.25, 0.3) is 0 Å². The van der Waals surface area contributed by atoms with Gasteiger partial charge in [0, 0.05) is 20.0 Å². The molecule has 2 heterocycles. The molecule has 1 aliphatic rings. The van der Waals surface area contributed by atoms with Gasteiger partial charge in [-0.25, -0.2) is 0 Å². The number of nitrogens with zero attached hydrogens (tertiary/aromatic N) is 2. The van der Waals surface area contributed by atoms with E-state index in [0.717, 1.165) is 43.6 Å². The van der Waals surface area contributed by atoms with Crippen molar-refractivity contribution in [3.8, 4) is 0 Å². The minimum atomic E-state index is 0.139. The average molecular weight is 253 g/mol. The van der Waals surface area contributed by atoms with Crippen LogP contribution in [0.25, 0.3) is 0 Å². The van der Waals surface area contributed by atoms with Crippen LogP contribution in [0.1, 0.15) is 37.9 Å². The Bertz CT molecular complexity index is 348. The lowest BCUT2D eigenvalue weighted by Gasteiger charge is -2.21. The second-order valence-electron chi connectivity index (χ2n) is 5.09. The number of ether oxygens (including phenoxy) is 1. The van der Waals surface area contributed by atoms with Gasteiger partial charge in [-0.3, -0.25) is 0 Å². The number of nitrogens with one attached hydrogen (secondary N) is 1. The third-order valence-corrected chi connectivity index (χ3v) is 3.61. The van der Waals surface area contributed by atoms with Crippen LogP contribution in [0.3, 0.4) is 0 Å². The van der Waals surface area contributed by atoms with E-state index in [0.29, 0.717) is 6.42 Å². The standard InChI is InChI=1S/C13H23N3O2/c1-10(17-2)9-12-15-13(18-16-12)4-3-11-5-7-14-8-6-11/h10-11,14H,3-9H2,1-2H3. The largest absolute Gasteiger partial charge is 0.381 e. The summed E-state index contributed by atoms with van der Waals surface area (Å²) >= 11 is 0. The monoisotopic (exact) mass is 253 g/mol. The highest BCUT2D eigenvalue weighted by atomic mass is 16.5. The van der Waals surface area contributed by atoms with Crippen molar-refractivity contribution in [2.75, 3.05) is 20.2 Å². The van der Waals surface area contributed by atoms with Gasteiger partial charge >= 0.3 is 0 Å². The molecule has 1 aliphatic heterocycles. The van der Waals surface area contributed by atoms with Crippen LogP contribution in [-0.4, -0.2) is 36.4 Å². The quantitative estimate of drug-likeness (QED) is 0.834. The minimum Gasteiger partial charge on any atom is -0.381 e. The first-order chi connectivity index (χ1) is 8.78. The van der Waals surface area contributed by atoms with E-state index in [1.165, 1.54) is 12.8 Å². The first-order valence-electron chi connectivity index (χ1n) is 6.83. The molecular weight excluding hydrogens is 230 g/mol. The molecule has 0 bridgehead atoms. The third-order valence-electron chi connectivity index (χ3n) is 3.61. The summed E-state index contributed by atoms with van der Waals surface area (Å²) in [7, 11) is 1.70. The number of aromatic nitrogens is 2. The molecule has 0 aliphatic carbocycles. The fourth-order valence-corrected chi connectivity index (χ4v) is 2.31. The van der Waals surface area contributed by atoms with Crippen LogP contribution in [0, 0.1) is 5.92 Å².